The van der Waals surface area contributed by atoms with Gasteiger partial charge in [0.15, 0.2) is 0 Å². The van der Waals surface area contributed by atoms with Crippen LogP contribution in [0.5, 0.6) is 0 Å². The standard InChI is InChI=1S/C17H14FIN2O/c1-21(10-11-4-2-3-5-14(11)19)17(22)16-9-12-8-13(18)6-7-15(12)20-16/h2-9,20H,10H2,1H3. The van der Waals surface area contributed by atoms with Crippen molar-refractivity contribution >= 4 is 39.4 Å². The summed E-state index contributed by atoms with van der Waals surface area (Å²) in [5, 5.41) is 0.700. The number of rotatable bonds is 3. The minimum absolute atomic E-state index is 0.115. The second kappa shape index (κ2) is 6.08. The lowest BCUT2D eigenvalue weighted by Gasteiger charge is -2.17. The van der Waals surface area contributed by atoms with Crippen molar-refractivity contribution in [2.45, 2.75) is 6.54 Å². The summed E-state index contributed by atoms with van der Waals surface area (Å²) in [5.74, 6) is -0.422. The lowest BCUT2D eigenvalue weighted by Crippen LogP contribution is -2.26. The van der Waals surface area contributed by atoms with Gasteiger partial charge in [0.05, 0.1) is 0 Å². The molecule has 0 saturated carbocycles. The van der Waals surface area contributed by atoms with E-state index < -0.39 is 0 Å². The third-order valence-corrected chi connectivity index (χ3v) is 4.58. The number of hydrogen-bond acceptors (Lipinski definition) is 1. The number of amides is 1. The van der Waals surface area contributed by atoms with E-state index in [4.69, 9.17) is 0 Å². The molecule has 0 aliphatic carbocycles. The van der Waals surface area contributed by atoms with Crippen LogP contribution in [0.25, 0.3) is 10.9 Å². The number of hydrogen-bond donors (Lipinski definition) is 1. The normalized spacial score (nSPS) is 10.9. The molecule has 2 aromatic carbocycles. The van der Waals surface area contributed by atoms with Crippen LogP contribution >= 0.6 is 22.6 Å². The van der Waals surface area contributed by atoms with Gasteiger partial charge in [-0.2, -0.15) is 0 Å². The van der Waals surface area contributed by atoms with E-state index in [0.29, 0.717) is 17.6 Å². The minimum Gasteiger partial charge on any atom is -0.351 e. The van der Waals surface area contributed by atoms with E-state index >= 15 is 0 Å². The number of aromatic nitrogens is 1. The van der Waals surface area contributed by atoms with Crippen molar-refractivity contribution in [3.63, 3.8) is 0 Å². The maximum absolute atomic E-state index is 13.2. The number of H-pyrrole nitrogens is 1. The van der Waals surface area contributed by atoms with Gasteiger partial charge in [-0.15, -0.1) is 0 Å². The van der Waals surface area contributed by atoms with Crippen molar-refractivity contribution in [1.29, 1.82) is 0 Å². The van der Waals surface area contributed by atoms with E-state index in [0.717, 1.165) is 14.7 Å². The van der Waals surface area contributed by atoms with Crippen molar-refractivity contribution in [1.82, 2.24) is 9.88 Å². The minimum atomic E-state index is -0.308. The van der Waals surface area contributed by atoms with Crippen molar-refractivity contribution in [2.75, 3.05) is 7.05 Å². The predicted molar refractivity (Wildman–Crippen MR) is 93.2 cm³/mol. The molecule has 112 valence electrons. The molecule has 0 atom stereocenters. The average Bonchev–Trinajstić information content (AvgIpc) is 2.91. The summed E-state index contributed by atoms with van der Waals surface area (Å²) < 4.78 is 14.4. The molecule has 0 aliphatic heterocycles. The van der Waals surface area contributed by atoms with Crippen molar-refractivity contribution in [2.24, 2.45) is 0 Å². The zero-order valence-corrected chi connectivity index (χ0v) is 14.1. The summed E-state index contributed by atoms with van der Waals surface area (Å²) in [6.07, 6.45) is 0. The molecule has 3 nitrogen and oxygen atoms in total. The Bertz CT molecular complexity index is 844. The van der Waals surface area contributed by atoms with Crippen LogP contribution in [-0.2, 0) is 6.54 Å². The molecule has 0 aliphatic rings. The number of carbonyl (C=O) groups is 1. The van der Waals surface area contributed by atoms with Crippen molar-refractivity contribution < 1.29 is 9.18 Å². The van der Waals surface area contributed by atoms with E-state index in [1.165, 1.54) is 12.1 Å². The smallest absolute Gasteiger partial charge is 0.270 e. The molecule has 1 aromatic heterocycles. The van der Waals surface area contributed by atoms with Gasteiger partial charge in [0.1, 0.15) is 11.5 Å². The van der Waals surface area contributed by atoms with E-state index in [9.17, 15) is 9.18 Å². The molecule has 0 radical (unpaired) electrons. The first-order valence-electron chi connectivity index (χ1n) is 6.82. The number of nitrogens with zero attached hydrogens (tertiary/aromatic N) is 1. The Morgan fingerprint density at radius 2 is 2.00 bits per heavy atom. The number of benzene rings is 2. The van der Waals surface area contributed by atoms with Crippen LogP contribution in [0.1, 0.15) is 16.1 Å². The van der Waals surface area contributed by atoms with Gasteiger partial charge < -0.3 is 9.88 Å². The highest BCUT2D eigenvalue weighted by Gasteiger charge is 2.15. The van der Waals surface area contributed by atoms with Crippen LogP contribution in [0.4, 0.5) is 4.39 Å². The van der Waals surface area contributed by atoms with Crippen molar-refractivity contribution in [3.05, 3.63) is 69.2 Å². The molecular formula is C17H14FIN2O. The largest absolute Gasteiger partial charge is 0.351 e. The molecule has 3 rings (SSSR count). The fourth-order valence-corrected chi connectivity index (χ4v) is 2.94. The first kappa shape index (κ1) is 15.0. The molecule has 5 heteroatoms. The first-order chi connectivity index (χ1) is 10.5. The molecule has 22 heavy (non-hydrogen) atoms. The third kappa shape index (κ3) is 2.99. The highest BCUT2D eigenvalue weighted by molar-refractivity contribution is 14.1. The van der Waals surface area contributed by atoms with E-state index in [-0.39, 0.29) is 11.7 Å². The van der Waals surface area contributed by atoms with Gasteiger partial charge in [-0.25, -0.2) is 4.39 Å². The van der Waals surface area contributed by atoms with Gasteiger partial charge in [-0.1, -0.05) is 18.2 Å². The zero-order valence-electron chi connectivity index (χ0n) is 11.9. The van der Waals surface area contributed by atoms with Crippen LogP contribution in [0.2, 0.25) is 0 Å². The highest BCUT2D eigenvalue weighted by atomic mass is 127. The summed E-state index contributed by atoms with van der Waals surface area (Å²) in [7, 11) is 1.76. The van der Waals surface area contributed by atoms with Gasteiger partial charge >= 0.3 is 0 Å². The van der Waals surface area contributed by atoms with Crippen LogP contribution in [0.3, 0.4) is 0 Å². The number of nitrogens with one attached hydrogen (secondary N) is 1. The van der Waals surface area contributed by atoms with E-state index in [2.05, 4.69) is 27.6 Å². The summed E-state index contributed by atoms with van der Waals surface area (Å²) in [4.78, 5) is 17.2. The van der Waals surface area contributed by atoms with Crippen LogP contribution in [0.15, 0.2) is 48.5 Å². The second-order valence-corrected chi connectivity index (χ2v) is 6.33. The Hall–Kier alpha value is -1.89. The van der Waals surface area contributed by atoms with Crippen LogP contribution in [0, 0.1) is 9.39 Å². The Morgan fingerprint density at radius 1 is 1.23 bits per heavy atom. The average molecular weight is 408 g/mol. The van der Waals surface area contributed by atoms with Gasteiger partial charge in [-0.3, -0.25) is 4.79 Å². The van der Waals surface area contributed by atoms with Crippen LogP contribution < -0.4 is 0 Å². The highest BCUT2D eigenvalue weighted by Crippen LogP contribution is 2.19. The third-order valence-electron chi connectivity index (χ3n) is 3.53. The zero-order chi connectivity index (χ0) is 15.7. The molecule has 1 heterocycles. The maximum atomic E-state index is 13.2. The van der Waals surface area contributed by atoms with Gasteiger partial charge in [-0.05, 0) is 58.5 Å². The Morgan fingerprint density at radius 3 is 2.77 bits per heavy atom. The molecule has 3 aromatic rings. The lowest BCUT2D eigenvalue weighted by molar-refractivity contribution is 0.0780. The number of halogens is 2. The Kier molecular flexibility index (Phi) is 4.15. The monoisotopic (exact) mass is 408 g/mol. The second-order valence-electron chi connectivity index (χ2n) is 5.17. The maximum Gasteiger partial charge on any atom is 0.270 e. The SMILES string of the molecule is CN(Cc1ccccc1I)C(=O)c1cc2cc(F)ccc2[nH]1. The summed E-state index contributed by atoms with van der Waals surface area (Å²) >= 11 is 2.26. The number of aromatic amines is 1. The lowest BCUT2D eigenvalue weighted by atomic mass is 10.2. The fraction of sp³-hybridized carbons (Fsp3) is 0.118. The molecule has 0 spiro atoms. The van der Waals surface area contributed by atoms with E-state index in [1.807, 2.05) is 24.3 Å². The molecular weight excluding hydrogens is 394 g/mol. The summed E-state index contributed by atoms with van der Waals surface area (Å²) in [6, 6.07) is 14.1. The molecule has 1 N–H and O–H groups in total. The van der Waals surface area contributed by atoms with E-state index in [1.54, 1.807) is 24.1 Å². The Balaban J connectivity index is 1.84. The predicted octanol–water partition coefficient (Wildman–Crippen LogP) is 4.18. The molecule has 0 unspecified atom stereocenters. The van der Waals surface area contributed by atoms with Gasteiger partial charge in [0, 0.05) is 28.1 Å². The molecule has 1 amide bonds. The molecule has 0 fully saturated rings. The van der Waals surface area contributed by atoms with Gasteiger partial charge in [0.2, 0.25) is 0 Å². The summed E-state index contributed by atoms with van der Waals surface area (Å²) in [5.41, 5.74) is 2.32. The summed E-state index contributed by atoms with van der Waals surface area (Å²) in [6.45, 7) is 0.529. The Labute approximate surface area is 141 Å². The molecule has 0 bridgehead atoms. The number of carbonyl (C=O) groups excluding carboxylic acids is 1. The first-order valence-corrected chi connectivity index (χ1v) is 7.89. The topological polar surface area (TPSA) is 36.1 Å². The van der Waals surface area contributed by atoms with Crippen molar-refractivity contribution in [3.8, 4) is 0 Å². The fourth-order valence-electron chi connectivity index (χ4n) is 2.38. The molecule has 0 saturated heterocycles. The van der Waals surface area contributed by atoms with Crippen LogP contribution in [-0.4, -0.2) is 22.8 Å². The number of fused-ring (bicyclic) bond motifs is 1. The van der Waals surface area contributed by atoms with Gasteiger partial charge in [0.25, 0.3) is 5.91 Å². The quantitative estimate of drug-likeness (QED) is 0.649.